The lowest BCUT2D eigenvalue weighted by molar-refractivity contribution is -0.384. The molecule has 35 heavy (non-hydrogen) atoms. The molecule has 2 aliphatic heterocycles. The van der Waals surface area contributed by atoms with Gasteiger partial charge in [0.1, 0.15) is 12.1 Å². The molecule has 2 heterocycles. The summed E-state index contributed by atoms with van der Waals surface area (Å²) in [5.41, 5.74) is 0.130. The minimum Gasteiger partial charge on any atom is -0.352 e. The summed E-state index contributed by atoms with van der Waals surface area (Å²) in [5.74, 6) is -0.632. The van der Waals surface area contributed by atoms with Gasteiger partial charge in [-0.2, -0.15) is 0 Å². The van der Waals surface area contributed by atoms with Gasteiger partial charge >= 0.3 is 0 Å². The molecule has 0 aromatic heterocycles. The smallest absolute Gasteiger partial charge is 0.270 e. The maximum Gasteiger partial charge on any atom is 0.270 e. The zero-order valence-corrected chi connectivity index (χ0v) is 19.8. The van der Waals surface area contributed by atoms with Crippen molar-refractivity contribution in [1.82, 2.24) is 15.1 Å². The number of nitro benzene ring substituents is 1. The highest BCUT2D eigenvalue weighted by molar-refractivity contribution is 5.98. The molecule has 1 spiro atoms. The molecule has 10 nitrogen and oxygen atoms in total. The van der Waals surface area contributed by atoms with Crippen LogP contribution in [0.1, 0.15) is 37.0 Å². The van der Waals surface area contributed by atoms with Crippen molar-refractivity contribution < 1.29 is 19.3 Å². The number of nitrogens with zero attached hydrogens (tertiary/aromatic N) is 4. The molecule has 10 heteroatoms. The van der Waals surface area contributed by atoms with E-state index in [2.05, 4.69) is 5.32 Å². The minimum atomic E-state index is -0.862. The Morgan fingerprint density at radius 3 is 2.40 bits per heavy atom. The summed E-state index contributed by atoms with van der Waals surface area (Å²) < 4.78 is 0. The van der Waals surface area contributed by atoms with Crippen LogP contribution in [0.4, 0.5) is 11.4 Å². The highest BCUT2D eigenvalue weighted by Crippen LogP contribution is 2.39. The van der Waals surface area contributed by atoms with E-state index in [1.165, 1.54) is 18.2 Å². The highest BCUT2D eigenvalue weighted by atomic mass is 16.6. The van der Waals surface area contributed by atoms with Crippen molar-refractivity contribution in [1.29, 1.82) is 0 Å². The van der Waals surface area contributed by atoms with Gasteiger partial charge in [-0.3, -0.25) is 24.5 Å². The number of non-ortho nitro benzene ring substituents is 1. The molecule has 0 aliphatic carbocycles. The number of anilines is 1. The zero-order valence-electron chi connectivity index (χ0n) is 19.8. The van der Waals surface area contributed by atoms with Crippen molar-refractivity contribution in [2.24, 2.45) is 0 Å². The first kappa shape index (κ1) is 24.2. The van der Waals surface area contributed by atoms with Crippen LogP contribution in [0.15, 0.2) is 54.6 Å². The van der Waals surface area contributed by atoms with E-state index < -0.39 is 10.5 Å². The number of carbonyl (C=O) groups excluding carboxylic acids is 3. The Morgan fingerprint density at radius 2 is 1.77 bits per heavy atom. The fraction of sp³-hybridized carbons (Fsp3) is 0.400. The predicted molar refractivity (Wildman–Crippen MR) is 130 cm³/mol. The molecular formula is C25H29N5O5. The van der Waals surface area contributed by atoms with Crippen LogP contribution in [-0.4, -0.2) is 70.3 Å². The number of benzene rings is 2. The Morgan fingerprint density at radius 1 is 1.09 bits per heavy atom. The van der Waals surface area contributed by atoms with E-state index >= 15 is 0 Å². The average Bonchev–Trinajstić information content (AvgIpc) is 3.10. The quantitative estimate of drug-likeness (QED) is 0.502. The molecule has 1 N–H and O–H groups in total. The fourth-order valence-corrected chi connectivity index (χ4v) is 4.88. The third-order valence-electron chi connectivity index (χ3n) is 6.55. The summed E-state index contributed by atoms with van der Waals surface area (Å²) in [6.07, 6.45) is 0.785. The number of nitrogens with one attached hydrogen (secondary N) is 1. The maximum atomic E-state index is 13.7. The van der Waals surface area contributed by atoms with Gasteiger partial charge in [0.2, 0.25) is 5.91 Å². The fourth-order valence-electron chi connectivity index (χ4n) is 4.88. The van der Waals surface area contributed by atoms with E-state index in [1.807, 2.05) is 49.1 Å². The van der Waals surface area contributed by atoms with Crippen molar-refractivity contribution in [3.8, 4) is 0 Å². The van der Waals surface area contributed by atoms with Crippen LogP contribution in [-0.2, 0) is 9.59 Å². The summed E-state index contributed by atoms with van der Waals surface area (Å²) in [6, 6.07) is 15.2. The molecule has 0 bridgehead atoms. The first-order chi connectivity index (χ1) is 16.7. The van der Waals surface area contributed by atoms with Crippen LogP contribution in [0.3, 0.4) is 0 Å². The van der Waals surface area contributed by atoms with Gasteiger partial charge in [-0.15, -0.1) is 0 Å². The topological polar surface area (TPSA) is 116 Å². The number of hydrogen-bond donors (Lipinski definition) is 1. The molecule has 2 aliphatic rings. The van der Waals surface area contributed by atoms with Crippen LogP contribution < -0.4 is 10.2 Å². The number of para-hydroxylation sites is 1. The largest absolute Gasteiger partial charge is 0.352 e. The molecule has 4 rings (SSSR count). The van der Waals surface area contributed by atoms with E-state index in [0.717, 1.165) is 5.69 Å². The van der Waals surface area contributed by atoms with Gasteiger partial charge in [0.15, 0.2) is 0 Å². The summed E-state index contributed by atoms with van der Waals surface area (Å²) in [7, 11) is 0. The van der Waals surface area contributed by atoms with Gasteiger partial charge in [-0.05, 0) is 44.9 Å². The number of nitro groups is 1. The van der Waals surface area contributed by atoms with Gasteiger partial charge in [0.25, 0.3) is 17.5 Å². The van der Waals surface area contributed by atoms with Gasteiger partial charge in [-0.25, -0.2) is 0 Å². The predicted octanol–water partition coefficient (Wildman–Crippen LogP) is 2.40. The molecule has 0 saturated carbocycles. The highest BCUT2D eigenvalue weighted by Gasteiger charge is 2.54. The number of piperidine rings is 1. The molecule has 3 amide bonds. The van der Waals surface area contributed by atoms with Gasteiger partial charge < -0.3 is 20.0 Å². The number of hydrogen-bond acceptors (Lipinski definition) is 6. The number of likely N-dealkylation sites (tertiary alicyclic amines) is 1. The number of carbonyl (C=O) groups is 3. The van der Waals surface area contributed by atoms with Crippen LogP contribution in [0.5, 0.6) is 0 Å². The number of amides is 3. The first-order valence-corrected chi connectivity index (χ1v) is 11.7. The van der Waals surface area contributed by atoms with Crippen LogP contribution in [0, 0.1) is 10.1 Å². The van der Waals surface area contributed by atoms with Crippen molar-refractivity contribution in [2.45, 2.75) is 38.3 Å². The molecule has 2 aromatic carbocycles. The minimum absolute atomic E-state index is 0.0255. The Kier molecular flexibility index (Phi) is 6.72. The molecular weight excluding hydrogens is 450 g/mol. The molecule has 184 valence electrons. The second-order valence-corrected chi connectivity index (χ2v) is 9.26. The second kappa shape index (κ2) is 9.73. The van der Waals surface area contributed by atoms with Gasteiger partial charge in [0.05, 0.1) is 11.6 Å². The standard InChI is InChI=1S/C25H29N5O5/c1-18(2)26-22(31)16-28-17-29(20-8-4-3-5-9-20)25(24(28)33)11-13-27(14-12-25)23(32)19-7-6-10-21(15-19)30(34)35/h3-10,15,18H,11-14,16-17H2,1-2H3,(H,26,31). The Balaban J connectivity index is 1.55. The Bertz CT molecular complexity index is 1130. The van der Waals surface area contributed by atoms with Crippen LogP contribution >= 0.6 is 0 Å². The summed E-state index contributed by atoms with van der Waals surface area (Å²) in [5, 5.41) is 13.9. The van der Waals surface area contributed by atoms with Gasteiger partial charge in [0, 0.05) is 42.5 Å². The van der Waals surface area contributed by atoms with Crippen molar-refractivity contribution in [3.05, 3.63) is 70.3 Å². The SMILES string of the molecule is CC(C)NC(=O)CN1CN(c2ccccc2)C2(CCN(C(=O)c3cccc([N+](=O)[O-])c3)CC2)C1=O. The van der Waals surface area contributed by atoms with Crippen molar-refractivity contribution in [3.63, 3.8) is 0 Å². The third kappa shape index (κ3) is 4.82. The molecule has 2 saturated heterocycles. The Labute approximate surface area is 203 Å². The molecule has 2 fully saturated rings. The molecule has 0 radical (unpaired) electrons. The van der Waals surface area contributed by atoms with Crippen molar-refractivity contribution >= 4 is 29.1 Å². The van der Waals surface area contributed by atoms with Gasteiger partial charge in [-0.1, -0.05) is 24.3 Å². The molecule has 0 atom stereocenters. The molecule has 0 unspecified atom stereocenters. The van der Waals surface area contributed by atoms with Crippen LogP contribution in [0.25, 0.3) is 0 Å². The average molecular weight is 480 g/mol. The van der Waals surface area contributed by atoms with E-state index in [4.69, 9.17) is 0 Å². The van der Waals surface area contributed by atoms with E-state index in [1.54, 1.807) is 15.9 Å². The zero-order chi connectivity index (χ0) is 25.2. The summed E-state index contributed by atoms with van der Waals surface area (Å²) in [4.78, 5) is 55.0. The summed E-state index contributed by atoms with van der Waals surface area (Å²) >= 11 is 0. The van der Waals surface area contributed by atoms with E-state index in [-0.39, 0.29) is 48.2 Å². The first-order valence-electron chi connectivity index (χ1n) is 11.7. The normalized spacial score (nSPS) is 17.2. The lowest BCUT2D eigenvalue weighted by Gasteiger charge is -2.43. The Hall–Kier alpha value is -3.95. The second-order valence-electron chi connectivity index (χ2n) is 9.26. The summed E-state index contributed by atoms with van der Waals surface area (Å²) in [6.45, 7) is 4.64. The monoisotopic (exact) mass is 479 g/mol. The maximum absolute atomic E-state index is 13.7. The third-order valence-corrected chi connectivity index (χ3v) is 6.55. The van der Waals surface area contributed by atoms with Crippen LogP contribution in [0.2, 0.25) is 0 Å². The lowest BCUT2D eigenvalue weighted by atomic mass is 9.85. The van der Waals surface area contributed by atoms with E-state index in [0.29, 0.717) is 25.9 Å². The van der Waals surface area contributed by atoms with E-state index in [9.17, 15) is 24.5 Å². The van der Waals surface area contributed by atoms with Crippen molar-refractivity contribution in [2.75, 3.05) is 31.2 Å². The molecule has 2 aromatic rings. The lowest BCUT2D eigenvalue weighted by Crippen LogP contribution is -2.57. The number of rotatable bonds is 6.